The van der Waals surface area contributed by atoms with Crippen LogP contribution in [0.2, 0.25) is 19.0 Å². The molecule has 0 unspecified atom stereocenters. The average Bonchev–Trinajstić information content (AvgIpc) is 3.16. The molecule has 0 saturated heterocycles. The van der Waals surface area contributed by atoms with E-state index in [1.54, 1.807) is 18.2 Å². The van der Waals surface area contributed by atoms with Crippen LogP contribution in [0.4, 0.5) is 5.69 Å². The van der Waals surface area contributed by atoms with Gasteiger partial charge in [0.2, 0.25) is 17.7 Å². The fourth-order valence-corrected chi connectivity index (χ4v) is 5.60. The molecule has 0 fully saturated rings. The van der Waals surface area contributed by atoms with Gasteiger partial charge in [-0.1, -0.05) is 48.5 Å². The van der Waals surface area contributed by atoms with Gasteiger partial charge in [-0.2, -0.15) is 0 Å². The molecule has 3 rings (SSSR count). The summed E-state index contributed by atoms with van der Waals surface area (Å²) in [6.07, 6.45) is 4.02. The summed E-state index contributed by atoms with van der Waals surface area (Å²) < 4.78 is 21.3. The van der Waals surface area contributed by atoms with Crippen LogP contribution in [0.25, 0.3) is 10.9 Å². The van der Waals surface area contributed by atoms with Crippen LogP contribution < -0.4 is 32.6 Å². The topological polar surface area (TPSA) is 204 Å². The molecule has 2 aromatic carbocycles. The van der Waals surface area contributed by atoms with Gasteiger partial charge in [-0.05, 0) is 56.0 Å². The third-order valence-corrected chi connectivity index (χ3v) is 8.35. The van der Waals surface area contributed by atoms with Gasteiger partial charge in [-0.25, -0.2) is 0 Å². The van der Waals surface area contributed by atoms with Crippen molar-refractivity contribution in [1.29, 1.82) is 0 Å². The maximum atomic E-state index is 13.9. The van der Waals surface area contributed by atoms with Gasteiger partial charge in [0.05, 0.1) is 43.3 Å². The molecule has 0 bridgehead atoms. The molecule has 0 saturated carbocycles. The molecule has 3 aromatic rings. The standard InChI is InChI=1S/C33H52B4N8O7/c1-49-35-41-17-15-37(52-24-39)16-19-45(18-14-34-51-23-38)31(46)21-30(44-36-50-2)33(48)43-29(13-12-25-8-4-3-5-9-25)32(47)42-27-20-26-10-6-7-11-28(26)40-22-27/h3-11,20,22,29-30,34-36,41,44H,12-19,21,23-24,38-39H2,1-2H3,(H,42,47)(H,43,48)/t29-,30-/m0/s1. The third-order valence-electron chi connectivity index (χ3n) is 8.35. The van der Waals surface area contributed by atoms with Gasteiger partial charge in [0.15, 0.2) is 0 Å². The largest absolute Gasteiger partial charge is 0.428 e. The second-order valence-electron chi connectivity index (χ2n) is 12.2. The first-order chi connectivity index (χ1) is 25.4. The predicted octanol–water partition coefficient (Wildman–Crippen LogP) is -0.490. The second kappa shape index (κ2) is 25.2. The lowest BCUT2D eigenvalue weighted by Gasteiger charge is -2.27. The van der Waals surface area contributed by atoms with Crippen LogP contribution in [0.15, 0.2) is 66.9 Å². The van der Waals surface area contributed by atoms with E-state index in [9.17, 15) is 14.4 Å². The molecular weight excluding hydrogens is 664 g/mol. The number of nitrogens with two attached hydrogens (primary N) is 2. The van der Waals surface area contributed by atoms with E-state index in [0.717, 1.165) is 16.5 Å². The highest BCUT2D eigenvalue weighted by atomic mass is 16.4. The molecule has 19 heteroatoms. The Morgan fingerprint density at radius 2 is 1.69 bits per heavy atom. The van der Waals surface area contributed by atoms with Crippen molar-refractivity contribution in [1.82, 2.24) is 25.7 Å². The molecule has 0 aliphatic rings. The van der Waals surface area contributed by atoms with E-state index in [0.29, 0.717) is 72.2 Å². The summed E-state index contributed by atoms with van der Waals surface area (Å²) in [6, 6.07) is 17.3. The SMILES string of the molecule is COBNCCB(CCN(CCBOCN)C(=O)C[C@H](NBOC)C(=O)N[C@@H](CCc1ccccc1)C(=O)Nc1cnc2ccccc2c1)OCN. The highest BCUT2D eigenvalue weighted by Gasteiger charge is 2.29. The molecule has 2 atom stereocenters. The summed E-state index contributed by atoms with van der Waals surface area (Å²) in [7, 11) is 3.90. The van der Waals surface area contributed by atoms with Gasteiger partial charge in [0.1, 0.15) is 6.04 Å². The van der Waals surface area contributed by atoms with E-state index in [4.69, 9.17) is 30.1 Å². The van der Waals surface area contributed by atoms with Crippen LogP contribution in [-0.2, 0) is 39.4 Å². The zero-order valence-electron chi connectivity index (χ0n) is 30.4. The number of hydrogen-bond acceptors (Lipinski definition) is 12. The number of carbonyl (C=O) groups is 3. The Kier molecular flexibility index (Phi) is 20.7. The molecule has 8 N–H and O–H groups in total. The number of pyridine rings is 1. The number of amides is 3. The smallest absolute Gasteiger partial charge is 0.361 e. The maximum Gasteiger partial charge on any atom is 0.361 e. The van der Waals surface area contributed by atoms with E-state index in [2.05, 4.69) is 26.1 Å². The van der Waals surface area contributed by atoms with Gasteiger partial charge in [-0.3, -0.25) is 19.4 Å². The van der Waals surface area contributed by atoms with E-state index >= 15 is 0 Å². The van der Waals surface area contributed by atoms with E-state index < -0.39 is 23.9 Å². The number of rotatable bonds is 27. The minimum Gasteiger partial charge on any atom is -0.428 e. The monoisotopic (exact) mass is 716 g/mol. The molecular formula is C33H52B4N8O7. The van der Waals surface area contributed by atoms with Crippen molar-refractivity contribution in [2.45, 2.75) is 50.3 Å². The minimum absolute atomic E-state index is 0.0141. The number of aryl methyl sites for hydroxylation is 1. The molecule has 0 aliphatic carbocycles. The quantitative estimate of drug-likeness (QED) is 0.0336. The first-order valence-corrected chi connectivity index (χ1v) is 17.7. The van der Waals surface area contributed by atoms with Crippen molar-refractivity contribution in [3.05, 3.63) is 72.4 Å². The summed E-state index contributed by atoms with van der Waals surface area (Å²) >= 11 is 0. The molecule has 278 valence electrons. The fourth-order valence-electron chi connectivity index (χ4n) is 5.60. The average molecular weight is 716 g/mol. The lowest BCUT2D eigenvalue weighted by molar-refractivity contribution is -0.135. The Bertz CT molecular complexity index is 1490. The maximum absolute atomic E-state index is 13.9. The normalized spacial score (nSPS) is 12.1. The predicted molar refractivity (Wildman–Crippen MR) is 209 cm³/mol. The first kappa shape index (κ1) is 42.6. The number of para-hydroxylation sites is 1. The molecule has 0 radical (unpaired) electrons. The summed E-state index contributed by atoms with van der Waals surface area (Å²) in [6.45, 7) is 1.34. The molecule has 1 heterocycles. The lowest BCUT2D eigenvalue weighted by Crippen LogP contribution is -2.54. The van der Waals surface area contributed by atoms with Gasteiger partial charge in [0.25, 0.3) is 14.4 Å². The minimum atomic E-state index is -0.987. The Labute approximate surface area is 309 Å². The highest BCUT2D eigenvalue weighted by Crippen LogP contribution is 2.17. The van der Waals surface area contributed by atoms with E-state index in [1.165, 1.54) is 7.11 Å². The third kappa shape index (κ3) is 15.8. The van der Waals surface area contributed by atoms with Crippen molar-refractivity contribution < 1.29 is 33.0 Å². The van der Waals surface area contributed by atoms with Crippen molar-refractivity contribution in [3.63, 3.8) is 0 Å². The van der Waals surface area contributed by atoms with Gasteiger partial charge >= 0.3 is 15.2 Å². The van der Waals surface area contributed by atoms with Crippen molar-refractivity contribution in [3.8, 4) is 0 Å². The lowest BCUT2D eigenvalue weighted by atomic mass is 9.61. The Hall–Kier alpha value is -3.80. The van der Waals surface area contributed by atoms with Crippen LogP contribution in [0.1, 0.15) is 18.4 Å². The summed E-state index contributed by atoms with van der Waals surface area (Å²) in [4.78, 5) is 47.6. The zero-order valence-corrected chi connectivity index (χ0v) is 30.4. The van der Waals surface area contributed by atoms with Crippen LogP contribution in [0.3, 0.4) is 0 Å². The number of nitrogens with zero attached hydrogens (tertiary/aromatic N) is 2. The van der Waals surface area contributed by atoms with Gasteiger partial charge in [0, 0.05) is 32.7 Å². The number of benzene rings is 2. The van der Waals surface area contributed by atoms with Crippen LogP contribution in [0, 0.1) is 0 Å². The van der Waals surface area contributed by atoms with Gasteiger partial charge < -0.3 is 56.1 Å². The number of hydrogen-bond donors (Lipinski definition) is 6. The Morgan fingerprint density at radius 3 is 2.44 bits per heavy atom. The number of nitrogens with one attached hydrogen (secondary N) is 4. The molecule has 3 amide bonds. The molecule has 0 aliphatic heterocycles. The van der Waals surface area contributed by atoms with Crippen molar-refractivity contribution >= 4 is 63.9 Å². The summed E-state index contributed by atoms with van der Waals surface area (Å²) in [5.74, 6) is -1.16. The van der Waals surface area contributed by atoms with Crippen LogP contribution in [-0.4, -0.2) is 117 Å². The number of fused-ring (bicyclic) bond motifs is 1. The Morgan fingerprint density at radius 1 is 0.923 bits per heavy atom. The number of carbonyl (C=O) groups excluding carboxylic acids is 3. The molecule has 52 heavy (non-hydrogen) atoms. The zero-order chi connectivity index (χ0) is 37.4. The molecule has 1 aromatic heterocycles. The van der Waals surface area contributed by atoms with Crippen molar-refractivity contribution in [2.24, 2.45) is 11.5 Å². The fraction of sp³-hybridized carbons (Fsp3) is 0.455. The van der Waals surface area contributed by atoms with E-state index in [1.807, 2.05) is 60.7 Å². The van der Waals surface area contributed by atoms with Gasteiger partial charge in [-0.15, -0.1) is 0 Å². The molecule has 0 spiro atoms. The highest BCUT2D eigenvalue weighted by molar-refractivity contribution is 6.52. The second-order valence-corrected chi connectivity index (χ2v) is 12.2. The summed E-state index contributed by atoms with van der Waals surface area (Å²) in [5.41, 5.74) is 13.5. The Balaban J connectivity index is 1.75. The van der Waals surface area contributed by atoms with E-state index in [-0.39, 0.29) is 40.3 Å². The molecule has 15 nitrogen and oxygen atoms in total. The van der Waals surface area contributed by atoms with Crippen molar-refractivity contribution in [2.75, 3.05) is 52.6 Å². The first-order valence-electron chi connectivity index (χ1n) is 17.7. The summed E-state index contributed by atoms with van der Waals surface area (Å²) in [5, 5.41) is 12.9. The van der Waals surface area contributed by atoms with Crippen LogP contribution >= 0.6 is 0 Å². The van der Waals surface area contributed by atoms with Crippen LogP contribution in [0.5, 0.6) is 0 Å². The number of aromatic nitrogens is 1. The number of anilines is 1.